The molecule has 0 spiro atoms. The maximum Gasteiger partial charge on any atom is 0.434 e. The zero-order valence-corrected chi connectivity index (χ0v) is 21.9. The van der Waals surface area contributed by atoms with Crippen molar-refractivity contribution in [2.75, 3.05) is 6.61 Å². The summed E-state index contributed by atoms with van der Waals surface area (Å²) in [6.07, 6.45) is -3.33. The van der Waals surface area contributed by atoms with Crippen LogP contribution in [0.2, 0.25) is 0 Å². The van der Waals surface area contributed by atoms with Crippen LogP contribution in [0.1, 0.15) is 43.8 Å². The van der Waals surface area contributed by atoms with Crippen LogP contribution in [-0.2, 0) is 17.5 Å². The Bertz CT molecular complexity index is 1470. The van der Waals surface area contributed by atoms with E-state index in [1.165, 1.54) is 24.3 Å². The molecular formula is C25H19BrF3N3O4S. The second-order valence-corrected chi connectivity index (χ2v) is 9.83. The van der Waals surface area contributed by atoms with Crippen molar-refractivity contribution in [3.05, 3.63) is 80.4 Å². The molecular weight excluding hydrogens is 575 g/mol. The minimum atomic E-state index is -4.88. The Labute approximate surface area is 222 Å². The molecule has 0 aliphatic rings. The van der Waals surface area contributed by atoms with Gasteiger partial charge in [-0.3, -0.25) is 4.79 Å². The lowest BCUT2D eigenvalue weighted by atomic mass is 10.2. The molecule has 4 rings (SSSR count). The number of carbonyl (C=O) groups excluding carboxylic acids is 2. The quantitative estimate of drug-likeness (QED) is 0.168. The van der Waals surface area contributed by atoms with E-state index in [4.69, 9.17) is 9.47 Å². The summed E-state index contributed by atoms with van der Waals surface area (Å²) in [6.45, 7) is 3.47. The number of hydrogen-bond donors (Lipinski definition) is 0. The zero-order valence-electron chi connectivity index (χ0n) is 19.5. The molecule has 0 N–H and O–H groups in total. The van der Waals surface area contributed by atoms with Crippen LogP contribution >= 0.6 is 27.3 Å². The molecule has 3 aromatic heterocycles. The van der Waals surface area contributed by atoms with Crippen LogP contribution in [0.15, 0.2) is 53.1 Å². The van der Waals surface area contributed by atoms with E-state index in [-0.39, 0.29) is 19.0 Å². The van der Waals surface area contributed by atoms with E-state index < -0.39 is 23.4 Å². The largest absolute Gasteiger partial charge is 0.489 e. The molecule has 0 radical (unpaired) electrons. The number of hydrogen-bond acceptors (Lipinski definition) is 7. The highest BCUT2D eigenvalue weighted by Crippen LogP contribution is 2.36. The van der Waals surface area contributed by atoms with Crippen LogP contribution < -0.4 is 4.74 Å². The minimum absolute atomic E-state index is 0.0751. The minimum Gasteiger partial charge on any atom is -0.489 e. The predicted molar refractivity (Wildman–Crippen MR) is 134 cm³/mol. The van der Waals surface area contributed by atoms with E-state index in [0.717, 1.165) is 16.6 Å². The van der Waals surface area contributed by atoms with Gasteiger partial charge in [-0.15, -0.1) is 11.3 Å². The first-order valence-electron chi connectivity index (χ1n) is 10.9. The predicted octanol–water partition coefficient (Wildman–Crippen LogP) is 6.65. The van der Waals surface area contributed by atoms with E-state index in [1.54, 1.807) is 30.3 Å². The molecule has 4 aromatic rings. The Balaban J connectivity index is 1.69. The number of pyridine rings is 1. The van der Waals surface area contributed by atoms with Crippen molar-refractivity contribution >= 4 is 39.5 Å². The van der Waals surface area contributed by atoms with Gasteiger partial charge in [-0.05, 0) is 50.2 Å². The highest BCUT2D eigenvalue weighted by atomic mass is 79.9. The average Bonchev–Trinajstić information content (AvgIpc) is 3.48. The van der Waals surface area contributed by atoms with E-state index >= 15 is 0 Å². The molecule has 0 amide bonds. The summed E-state index contributed by atoms with van der Waals surface area (Å²) in [5.41, 5.74) is -0.323. The first-order chi connectivity index (χ1) is 17.6. The molecule has 0 aliphatic heterocycles. The lowest BCUT2D eigenvalue weighted by molar-refractivity contribution is -0.143. The van der Waals surface area contributed by atoms with Crippen LogP contribution in [-0.4, -0.2) is 33.6 Å². The molecule has 37 heavy (non-hydrogen) atoms. The van der Waals surface area contributed by atoms with Gasteiger partial charge in [0.2, 0.25) is 0 Å². The molecule has 0 aliphatic carbocycles. The van der Waals surface area contributed by atoms with Gasteiger partial charge in [0.1, 0.15) is 17.9 Å². The van der Waals surface area contributed by atoms with Gasteiger partial charge >= 0.3 is 12.1 Å². The van der Waals surface area contributed by atoms with Crippen LogP contribution in [0, 0.1) is 6.92 Å². The molecule has 0 fully saturated rings. The third kappa shape index (κ3) is 5.75. The number of alkyl halides is 3. The number of rotatable bonds is 8. The summed E-state index contributed by atoms with van der Waals surface area (Å²) in [7, 11) is 0. The van der Waals surface area contributed by atoms with Crippen molar-refractivity contribution < 1.29 is 32.2 Å². The maximum atomic E-state index is 13.9. The smallest absolute Gasteiger partial charge is 0.434 e. The van der Waals surface area contributed by atoms with Crippen LogP contribution in [0.25, 0.3) is 16.4 Å². The van der Waals surface area contributed by atoms with E-state index in [2.05, 4.69) is 26.0 Å². The molecule has 0 bridgehead atoms. The fourth-order valence-corrected chi connectivity index (χ4v) is 4.91. The third-order valence-electron chi connectivity index (χ3n) is 5.14. The first kappa shape index (κ1) is 26.6. The van der Waals surface area contributed by atoms with Crippen molar-refractivity contribution in [3.63, 3.8) is 0 Å². The van der Waals surface area contributed by atoms with Crippen molar-refractivity contribution in [1.82, 2.24) is 14.8 Å². The second-order valence-electron chi connectivity index (χ2n) is 7.72. The third-order valence-corrected chi connectivity index (χ3v) is 6.98. The normalized spacial score (nSPS) is 11.4. The molecule has 3 heterocycles. The summed E-state index contributed by atoms with van der Waals surface area (Å²) in [6, 6.07) is 11.5. The van der Waals surface area contributed by atoms with Crippen molar-refractivity contribution in [2.24, 2.45) is 0 Å². The van der Waals surface area contributed by atoms with Gasteiger partial charge in [0.25, 0.3) is 0 Å². The van der Waals surface area contributed by atoms with Crippen molar-refractivity contribution in [3.8, 4) is 22.1 Å². The SMILES string of the molecule is CCOC(=O)c1cnn(-c2cccc(-c3sc(C)cc3COc3ccc(Br)c(C=O)c3)n2)c1C(F)(F)F. The van der Waals surface area contributed by atoms with Gasteiger partial charge in [-0.2, -0.15) is 18.3 Å². The van der Waals surface area contributed by atoms with Crippen LogP contribution in [0.4, 0.5) is 13.2 Å². The number of aromatic nitrogens is 3. The fourth-order valence-electron chi connectivity index (χ4n) is 3.57. The molecule has 192 valence electrons. The van der Waals surface area contributed by atoms with E-state index in [9.17, 15) is 22.8 Å². The Morgan fingerprint density at radius 3 is 2.70 bits per heavy atom. The maximum absolute atomic E-state index is 13.9. The van der Waals surface area contributed by atoms with E-state index in [1.807, 2.05) is 13.0 Å². The molecule has 12 heteroatoms. The van der Waals surface area contributed by atoms with Crippen LogP contribution in [0.3, 0.4) is 0 Å². The number of benzene rings is 1. The molecule has 0 saturated heterocycles. The Hall–Kier alpha value is -3.51. The van der Waals surface area contributed by atoms with Crippen LogP contribution in [0.5, 0.6) is 5.75 Å². The molecule has 7 nitrogen and oxygen atoms in total. The number of thiophene rings is 1. The van der Waals surface area contributed by atoms with Crippen molar-refractivity contribution in [2.45, 2.75) is 26.6 Å². The highest BCUT2D eigenvalue weighted by molar-refractivity contribution is 9.10. The lowest BCUT2D eigenvalue weighted by Crippen LogP contribution is -2.19. The summed E-state index contributed by atoms with van der Waals surface area (Å²) < 4.78 is 53.6. The number of esters is 1. The standard InChI is InChI=1S/C25H19BrF3N3O4S/c1-3-35-24(34)18-11-30-32(23(18)25(27,28)29)21-6-4-5-20(31-21)22-16(9-14(2)37-22)13-36-17-7-8-19(26)15(10-17)12-33/h4-12H,3,13H2,1-2H3. The summed E-state index contributed by atoms with van der Waals surface area (Å²) >= 11 is 4.71. The number of aldehydes is 1. The average molecular weight is 594 g/mol. The number of nitrogens with zero attached hydrogens (tertiary/aromatic N) is 3. The molecule has 0 saturated carbocycles. The Kier molecular flexibility index (Phi) is 7.79. The topological polar surface area (TPSA) is 83.3 Å². The molecule has 1 aromatic carbocycles. The highest BCUT2D eigenvalue weighted by Gasteiger charge is 2.41. The molecule has 0 unspecified atom stereocenters. The van der Waals surface area contributed by atoms with Gasteiger partial charge in [0, 0.05) is 20.5 Å². The summed E-state index contributed by atoms with van der Waals surface area (Å²) in [5.74, 6) is -0.738. The van der Waals surface area contributed by atoms with Gasteiger partial charge in [0.15, 0.2) is 17.8 Å². The van der Waals surface area contributed by atoms with Gasteiger partial charge < -0.3 is 9.47 Å². The second kappa shape index (κ2) is 10.9. The van der Waals surface area contributed by atoms with Gasteiger partial charge in [0.05, 0.1) is 23.4 Å². The van der Waals surface area contributed by atoms with Crippen molar-refractivity contribution in [1.29, 1.82) is 0 Å². The van der Waals surface area contributed by atoms with Gasteiger partial charge in [-0.1, -0.05) is 22.0 Å². The number of halogens is 4. The lowest BCUT2D eigenvalue weighted by Gasteiger charge is -2.13. The monoisotopic (exact) mass is 593 g/mol. The fraction of sp³-hybridized carbons (Fsp3) is 0.200. The number of ether oxygens (including phenoxy) is 2. The number of carbonyl (C=O) groups is 2. The summed E-state index contributed by atoms with van der Waals surface area (Å²) in [4.78, 5) is 29.4. The Morgan fingerprint density at radius 1 is 1.22 bits per heavy atom. The molecule has 0 atom stereocenters. The summed E-state index contributed by atoms with van der Waals surface area (Å²) in [5, 5.41) is 3.80. The van der Waals surface area contributed by atoms with E-state index in [0.29, 0.717) is 37.3 Å². The first-order valence-corrected chi connectivity index (χ1v) is 12.5. The number of aryl methyl sites for hydroxylation is 1. The van der Waals surface area contributed by atoms with Gasteiger partial charge in [-0.25, -0.2) is 14.5 Å². The Morgan fingerprint density at radius 2 is 2.00 bits per heavy atom. The zero-order chi connectivity index (χ0) is 26.7.